The van der Waals surface area contributed by atoms with Crippen molar-refractivity contribution >= 4 is 22.4 Å². The molecule has 0 aromatic heterocycles. The van der Waals surface area contributed by atoms with Crippen molar-refractivity contribution in [1.29, 1.82) is 0 Å². The molecular formula is C27H31N3O2. The second-order valence-corrected chi connectivity index (χ2v) is 8.82. The molecule has 1 amide bonds. The molecule has 0 N–H and O–H groups in total. The highest BCUT2D eigenvalue weighted by Crippen LogP contribution is 2.27. The Hall–Kier alpha value is -3.05. The second kappa shape index (κ2) is 9.21. The van der Waals surface area contributed by atoms with Gasteiger partial charge in [0.25, 0.3) is 5.91 Å². The van der Waals surface area contributed by atoms with Crippen LogP contribution in [0.3, 0.4) is 0 Å². The Labute approximate surface area is 190 Å². The van der Waals surface area contributed by atoms with E-state index in [2.05, 4.69) is 52.3 Å². The van der Waals surface area contributed by atoms with Gasteiger partial charge in [0.1, 0.15) is 5.75 Å². The Balaban J connectivity index is 1.10. The fourth-order valence-electron chi connectivity index (χ4n) is 4.83. The smallest absolute Gasteiger partial charge is 0.254 e. The summed E-state index contributed by atoms with van der Waals surface area (Å²) >= 11 is 0. The van der Waals surface area contributed by atoms with Crippen molar-refractivity contribution in [3.63, 3.8) is 0 Å². The quantitative estimate of drug-likeness (QED) is 0.554. The predicted molar refractivity (Wildman–Crippen MR) is 130 cm³/mol. The number of rotatable bonds is 6. The molecule has 3 aromatic rings. The third kappa shape index (κ3) is 4.30. The van der Waals surface area contributed by atoms with Crippen LogP contribution in [0.5, 0.6) is 5.75 Å². The minimum Gasteiger partial charge on any atom is -0.494 e. The van der Waals surface area contributed by atoms with E-state index >= 15 is 0 Å². The first kappa shape index (κ1) is 20.8. The first-order valence-corrected chi connectivity index (χ1v) is 11.7. The van der Waals surface area contributed by atoms with Gasteiger partial charge in [0, 0.05) is 63.0 Å². The summed E-state index contributed by atoms with van der Waals surface area (Å²) in [6.07, 6.45) is 1.90. The van der Waals surface area contributed by atoms with E-state index in [0.717, 1.165) is 69.0 Å². The number of amides is 1. The normalized spacial score (nSPS) is 17.0. The zero-order valence-corrected chi connectivity index (χ0v) is 18.8. The number of piperazine rings is 1. The van der Waals surface area contributed by atoms with Gasteiger partial charge in [-0.15, -0.1) is 0 Å². The molecule has 3 aromatic carbocycles. The molecule has 0 radical (unpaired) electrons. The summed E-state index contributed by atoms with van der Waals surface area (Å²) in [4.78, 5) is 19.2. The maximum atomic E-state index is 12.4. The maximum absolute atomic E-state index is 12.4. The van der Waals surface area contributed by atoms with E-state index < -0.39 is 0 Å². The third-order valence-corrected chi connectivity index (χ3v) is 6.74. The number of carbonyl (C=O) groups is 1. The number of ether oxygens (including phenoxy) is 1. The molecule has 2 aliphatic rings. The number of benzene rings is 3. The minimum atomic E-state index is 0.0979. The second-order valence-electron chi connectivity index (χ2n) is 8.82. The van der Waals surface area contributed by atoms with Gasteiger partial charge < -0.3 is 14.5 Å². The molecule has 0 unspecified atom stereocenters. The molecule has 32 heavy (non-hydrogen) atoms. The summed E-state index contributed by atoms with van der Waals surface area (Å²) < 4.78 is 5.98. The van der Waals surface area contributed by atoms with Crippen LogP contribution in [0, 0.1) is 0 Å². The van der Waals surface area contributed by atoms with Gasteiger partial charge in [-0.1, -0.05) is 42.5 Å². The van der Waals surface area contributed by atoms with Gasteiger partial charge >= 0.3 is 0 Å². The van der Waals surface area contributed by atoms with Gasteiger partial charge in [-0.2, -0.15) is 0 Å². The summed E-state index contributed by atoms with van der Waals surface area (Å²) in [6.45, 7) is 6.75. The highest BCUT2D eigenvalue weighted by Gasteiger charge is 2.22. The van der Waals surface area contributed by atoms with E-state index in [1.165, 1.54) is 16.5 Å². The molecule has 0 aliphatic carbocycles. The van der Waals surface area contributed by atoms with Gasteiger partial charge in [-0.25, -0.2) is 0 Å². The fourth-order valence-corrected chi connectivity index (χ4v) is 4.83. The van der Waals surface area contributed by atoms with Crippen molar-refractivity contribution in [2.75, 3.05) is 57.8 Å². The summed E-state index contributed by atoms with van der Waals surface area (Å²) in [5.41, 5.74) is 3.27. The Morgan fingerprint density at radius 1 is 0.906 bits per heavy atom. The Bertz CT molecular complexity index is 1100. The predicted octanol–water partition coefficient (Wildman–Crippen LogP) is 4.06. The SMILES string of the molecule is CN1CCc2ccc(OCCCN3CCN(c4cccc5ccccc45)CC3)cc2C1=O. The lowest BCUT2D eigenvalue weighted by molar-refractivity contribution is 0.0780. The Kier molecular flexibility index (Phi) is 5.99. The maximum Gasteiger partial charge on any atom is 0.254 e. The fraction of sp³-hybridized carbons (Fsp3) is 0.370. The van der Waals surface area contributed by atoms with Crippen LogP contribution in [-0.4, -0.2) is 68.6 Å². The van der Waals surface area contributed by atoms with Gasteiger partial charge in [0.05, 0.1) is 6.61 Å². The van der Waals surface area contributed by atoms with Crippen molar-refractivity contribution in [2.24, 2.45) is 0 Å². The molecule has 166 valence electrons. The number of carbonyl (C=O) groups excluding carboxylic acids is 1. The summed E-state index contributed by atoms with van der Waals surface area (Å²) in [7, 11) is 1.86. The number of nitrogens with zero attached hydrogens (tertiary/aromatic N) is 3. The van der Waals surface area contributed by atoms with Crippen LogP contribution in [0.25, 0.3) is 10.8 Å². The Morgan fingerprint density at radius 3 is 2.59 bits per heavy atom. The van der Waals surface area contributed by atoms with Crippen LogP contribution < -0.4 is 9.64 Å². The van der Waals surface area contributed by atoms with Crippen molar-refractivity contribution in [2.45, 2.75) is 12.8 Å². The highest BCUT2D eigenvalue weighted by atomic mass is 16.5. The number of likely N-dealkylation sites (N-methyl/N-ethyl adjacent to an activating group) is 1. The van der Waals surface area contributed by atoms with Crippen LogP contribution in [-0.2, 0) is 6.42 Å². The summed E-state index contributed by atoms with van der Waals surface area (Å²) in [5, 5.41) is 2.65. The minimum absolute atomic E-state index is 0.0979. The molecule has 5 nitrogen and oxygen atoms in total. The number of hydrogen-bond donors (Lipinski definition) is 0. The molecule has 2 aliphatic heterocycles. The van der Waals surface area contributed by atoms with Crippen LogP contribution in [0.4, 0.5) is 5.69 Å². The monoisotopic (exact) mass is 429 g/mol. The van der Waals surface area contributed by atoms with E-state index in [1.807, 2.05) is 25.2 Å². The first-order chi connectivity index (χ1) is 15.7. The molecular weight excluding hydrogens is 398 g/mol. The van der Waals surface area contributed by atoms with Crippen molar-refractivity contribution < 1.29 is 9.53 Å². The molecule has 5 heteroatoms. The van der Waals surface area contributed by atoms with E-state index in [1.54, 1.807) is 4.90 Å². The molecule has 0 saturated carbocycles. The van der Waals surface area contributed by atoms with Gasteiger partial charge in [-0.3, -0.25) is 9.69 Å². The molecule has 5 rings (SSSR count). The zero-order chi connectivity index (χ0) is 21.9. The standard InChI is InChI=1S/C27H31N3O2/c1-28-14-12-22-10-11-23(20-25(22)27(28)31)32-19-5-13-29-15-17-30(18-16-29)26-9-4-7-21-6-2-3-8-24(21)26/h2-4,6-11,20H,5,12-19H2,1H3. The van der Waals surface area contributed by atoms with Crippen molar-refractivity contribution in [3.05, 3.63) is 71.8 Å². The van der Waals surface area contributed by atoms with E-state index in [0.29, 0.717) is 6.61 Å². The molecule has 1 fully saturated rings. The average Bonchev–Trinajstić information content (AvgIpc) is 2.84. The lowest BCUT2D eigenvalue weighted by Crippen LogP contribution is -2.46. The largest absolute Gasteiger partial charge is 0.494 e. The molecule has 1 saturated heterocycles. The van der Waals surface area contributed by atoms with Crippen molar-refractivity contribution in [1.82, 2.24) is 9.80 Å². The highest BCUT2D eigenvalue weighted by molar-refractivity contribution is 5.97. The van der Waals surface area contributed by atoms with Crippen LogP contribution in [0.1, 0.15) is 22.3 Å². The van der Waals surface area contributed by atoms with Crippen LogP contribution in [0.15, 0.2) is 60.7 Å². The van der Waals surface area contributed by atoms with E-state index in [-0.39, 0.29) is 5.91 Å². The molecule has 0 spiro atoms. The lowest BCUT2D eigenvalue weighted by atomic mass is 9.99. The topological polar surface area (TPSA) is 36.0 Å². The van der Waals surface area contributed by atoms with E-state index in [4.69, 9.17) is 4.74 Å². The van der Waals surface area contributed by atoms with Crippen LogP contribution >= 0.6 is 0 Å². The third-order valence-electron chi connectivity index (χ3n) is 6.74. The van der Waals surface area contributed by atoms with E-state index in [9.17, 15) is 4.79 Å². The number of hydrogen-bond acceptors (Lipinski definition) is 4. The number of anilines is 1. The summed E-state index contributed by atoms with van der Waals surface area (Å²) in [5.74, 6) is 0.897. The lowest BCUT2D eigenvalue weighted by Gasteiger charge is -2.36. The average molecular weight is 430 g/mol. The van der Waals surface area contributed by atoms with Crippen molar-refractivity contribution in [3.8, 4) is 5.75 Å². The number of fused-ring (bicyclic) bond motifs is 2. The van der Waals surface area contributed by atoms with Gasteiger partial charge in [0.15, 0.2) is 0 Å². The van der Waals surface area contributed by atoms with Gasteiger partial charge in [-0.05, 0) is 42.0 Å². The Morgan fingerprint density at radius 2 is 1.72 bits per heavy atom. The molecule has 0 bridgehead atoms. The first-order valence-electron chi connectivity index (χ1n) is 11.7. The summed E-state index contributed by atoms with van der Waals surface area (Å²) in [6, 6.07) is 21.2. The zero-order valence-electron chi connectivity index (χ0n) is 18.8. The molecule has 2 heterocycles. The molecule has 0 atom stereocenters. The van der Waals surface area contributed by atoms with Crippen LogP contribution in [0.2, 0.25) is 0 Å². The van der Waals surface area contributed by atoms with Gasteiger partial charge in [0.2, 0.25) is 0 Å².